The number of nitrogens with zero attached hydrogens (tertiary/aromatic N) is 4. The van der Waals surface area contributed by atoms with Crippen LogP contribution in [0.3, 0.4) is 0 Å². The van der Waals surface area contributed by atoms with E-state index in [2.05, 4.69) is 174 Å². The molecule has 3 aromatic heterocycles. The van der Waals surface area contributed by atoms with Crippen LogP contribution in [-0.4, -0.2) is 9.97 Å². The van der Waals surface area contributed by atoms with E-state index < -0.39 is 0 Å². The molecule has 0 N–H and O–H groups in total. The Hall–Kier alpha value is -5.61. The van der Waals surface area contributed by atoms with Crippen molar-refractivity contribution in [1.29, 1.82) is 0 Å². The Bertz CT molecular complexity index is 3040. The minimum atomic E-state index is 0. The predicted molar refractivity (Wildman–Crippen MR) is 248 cm³/mol. The smallest absolute Gasteiger partial charge is 0.657 e. The molecule has 0 saturated carbocycles. The molecule has 9 rings (SSSR count). The summed E-state index contributed by atoms with van der Waals surface area (Å²) in [5, 5.41) is 0. The van der Waals surface area contributed by atoms with Crippen LogP contribution >= 0.6 is 22.6 Å². The van der Waals surface area contributed by atoms with Gasteiger partial charge in [-0.2, -0.15) is 0 Å². The second-order valence-electron chi connectivity index (χ2n) is 15.1. The van der Waals surface area contributed by atoms with Gasteiger partial charge in [0.15, 0.2) is 0 Å². The summed E-state index contributed by atoms with van der Waals surface area (Å²) in [6.07, 6.45) is 10.8. The molecule has 276 valence electrons. The molecule has 6 heteroatoms. The quantitative estimate of drug-likeness (QED) is 0.100. The molecule has 0 radical (unpaired) electrons. The molecule has 2 aliphatic heterocycles. The first-order valence-electron chi connectivity index (χ1n) is 19.6. The van der Waals surface area contributed by atoms with Crippen LogP contribution < -0.4 is 9.97 Å². The summed E-state index contributed by atoms with van der Waals surface area (Å²) in [5.74, 6) is 2.87. The van der Waals surface area contributed by atoms with E-state index in [1.54, 1.807) is 0 Å². The van der Waals surface area contributed by atoms with E-state index in [-0.39, 0.29) is 19.5 Å². The van der Waals surface area contributed by atoms with Gasteiger partial charge in [0.05, 0.1) is 22.8 Å². The van der Waals surface area contributed by atoms with Gasteiger partial charge in [-0.3, -0.25) is 0 Å². The fourth-order valence-electron chi connectivity index (χ4n) is 8.68. The number of hydrogen-bond donors (Lipinski definition) is 0. The van der Waals surface area contributed by atoms with Gasteiger partial charge in [-0.15, -0.1) is 28.5 Å². The van der Waals surface area contributed by atoms with Crippen LogP contribution in [-0.2, 0) is 19.5 Å². The molecule has 4 nitrogen and oxygen atoms in total. The molecule has 0 amide bonds. The van der Waals surface area contributed by atoms with Crippen molar-refractivity contribution in [3.63, 3.8) is 0 Å². The van der Waals surface area contributed by atoms with Crippen LogP contribution in [0.1, 0.15) is 63.1 Å². The first kappa shape index (κ1) is 37.9. The summed E-state index contributed by atoms with van der Waals surface area (Å²) < 4.78 is 8.61. The largest absolute Gasteiger partial charge is 2.00 e. The molecule has 58 heavy (non-hydrogen) atoms. The molecule has 0 aliphatic carbocycles. The van der Waals surface area contributed by atoms with E-state index >= 15 is 0 Å². The summed E-state index contributed by atoms with van der Waals surface area (Å²) in [7, 11) is 0. The van der Waals surface area contributed by atoms with Crippen molar-refractivity contribution in [3.8, 4) is 56.8 Å². The summed E-state index contributed by atoms with van der Waals surface area (Å²) in [5.41, 5.74) is 22.7. The molecule has 7 aromatic rings. The number of halogens is 1. The Morgan fingerprint density at radius 1 is 0.483 bits per heavy atom. The van der Waals surface area contributed by atoms with Crippen LogP contribution in [0.5, 0.6) is 0 Å². The van der Waals surface area contributed by atoms with Crippen molar-refractivity contribution >= 4 is 69.0 Å². The van der Waals surface area contributed by atoms with Crippen molar-refractivity contribution in [3.05, 3.63) is 162 Å². The van der Waals surface area contributed by atoms with Crippen molar-refractivity contribution < 1.29 is 20.8 Å². The molecule has 5 heterocycles. The Kier molecular flexibility index (Phi) is 10.2. The zero-order chi connectivity index (χ0) is 40.2. The summed E-state index contributed by atoms with van der Waals surface area (Å²) >= 11 is 2.36. The molecule has 0 fully saturated rings. The molecule has 4 aromatic carbocycles. The molecular formula is C52H39IN4Zn. The third-order valence-corrected chi connectivity index (χ3v) is 11.6. The van der Waals surface area contributed by atoms with Crippen LogP contribution in [0.25, 0.3) is 90.9 Å². The van der Waals surface area contributed by atoms with Gasteiger partial charge >= 0.3 is 19.5 Å². The monoisotopic (exact) mass is 912 g/mol. The number of rotatable bonds is 4. The number of hydrogen-bond acceptors (Lipinski definition) is 2. The number of benzene rings is 4. The molecule has 0 unspecified atom stereocenters. The fourth-order valence-corrected chi connectivity index (χ4v) is 9.04. The van der Waals surface area contributed by atoms with Crippen LogP contribution in [0.15, 0.2) is 97.1 Å². The molecule has 0 saturated heterocycles. The number of aromatic nitrogens is 4. The summed E-state index contributed by atoms with van der Waals surface area (Å²) in [6.45, 7) is 13.0. The van der Waals surface area contributed by atoms with E-state index in [1.165, 1.54) is 33.4 Å². The molecule has 0 spiro atoms. The van der Waals surface area contributed by atoms with E-state index in [4.69, 9.17) is 21.3 Å². The van der Waals surface area contributed by atoms with Gasteiger partial charge in [0.25, 0.3) is 0 Å². The third-order valence-electron chi connectivity index (χ3n) is 10.9. The van der Waals surface area contributed by atoms with Gasteiger partial charge in [0, 0.05) is 9.13 Å². The second-order valence-corrected chi connectivity index (χ2v) is 16.4. The molecule has 2 aliphatic rings. The Balaban J connectivity index is 0.00000484. The average Bonchev–Trinajstić information content (AvgIpc) is 4.02. The van der Waals surface area contributed by atoms with Gasteiger partial charge in [-0.1, -0.05) is 89.8 Å². The van der Waals surface area contributed by atoms with Crippen LogP contribution in [0.2, 0.25) is 0 Å². The third kappa shape index (κ3) is 7.01. The van der Waals surface area contributed by atoms with E-state index in [0.29, 0.717) is 0 Å². The number of fused-ring (bicyclic) bond motifs is 8. The van der Waals surface area contributed by atoms with Crippen LogP contribution in [0, 0.1) is 57.4 Å². The Labute approximate surface area is 368 Å². The standard InChI is InChI=1S/C52H39IN4.Zn/c1-8-35-9-11-36(12-10-35)49-39-17-21-43(54-39)51(47-31(4)25-29(2)26-32(47)5)45-23-19-41(56-45)50(37-13-15-38(53)16-14-37)42-20-24-46(57-42)52(44-22-18-40(49)55-44)48-33(6)27-30(3)28-34(48)7;/h1,9-28H,2-7H3;/q-2;+2/i1T;. The zero-order valence-electron chi connectivity index (χ0n) is 34.4. The maximum absolute atomic E-state index is 7.45. The zero-order valence-corrected chi connectivity index (χ0v) is 38.5. The fraction of sp³-hybridized carbons (Fsp3) is 0.115. The minimum Gasteiger partial charge on any atom is -0.657 e. The van der Waals surface area contributed by atoms with Gasteiger partial charge < -0.3 is 9.97 Å². The minimum absolute atomic E-state index is 0. The van der Waals surface area contributed by atoms with Gasteiger partial charge in [0.1, 0.15) is 1.37 Å². The summed E-state index contributed by atoms with van der Waals surface area (Å²) in [4.78, 5) is 21.9. The molecular weight excluding hydrogens is 873 g/mol. The topological polar surface area (TPSA) is 54.0 Å². The second kappa shape index (κ2) is 15.6. The maximum atomic E-state index is 7.45. The number of aryl methyl sites for hydroxylation is 6. The first-order chi connectivity index (χ1) is 28.1. The Morgan fingerprint density at radius 3 is 1.21 bits per heavy atom. The molecule has 8 bridgehead atoms. The van der Waals surface area contributed by atoms with Crippen molar-refractivity contribution in [2.24, 2.45) is 0 Å². The van der Waals surface area contributed by atoms with Gasteiger partial charge in [0.2, 0.25) is 0 Å². The van der Waals surface area contributed by atoms with E-state index in [0.717, 1.165) is 98.5 Å². The number of terminal acetylenes is 1. The predicted octanol–water partition coefficient (Wildman–Crippen LogP) is 13.0. The SMILES string of the molecule is [3H]C#Cc1ccc(-c2c3nc(c(-c4c(C)cc(C)cc4C)c4ccc([n-]4)c(-c4ccc(I)cc4)c4nc(c(-c5c(C)cc(C)cc5C)c5ccc2[n-]5)C=C4)C=C3)cc1.[Zn+2]. The average molecular weight is 914 g/mol. The molecule has 0 atom stereocenters. The summed E-state index contributed by atoms with van der Waals surface area (Å²) in [6, 6.07) is 34.0. The van der Waals surface area contributed by atoms with E-state index in [9.17, 15) is 0 Å². The van der Waals surface area contributed by atoms with Crippen molar-refractivity contribution in [1.82, 2.24) is 19.9 Å². The van der Waals surface area contributed by atoms with Crippen molar-refractivity contribution in [2.75, 3.05) is 0 Å². The van der Waals surface area contributed by atoms with Crippen molar-refractivity contribution in [2.45, 2.75) is 41.5 Å². The van der Waals surface area contributed by atoms with Gasteiger partial charge in [-0.25, -0.2) is 9.97 Å². The van der Waals surface area contributed by atoms with Gasteiger partial charge in [-0.05, 0) is 179 Å². The van der Waals surface area contributed by atoms with Crippen LogP contribution in [0.4, 0.5) is 0 Å². The first-order valence-corrected chi connectivity index (χ1v) is 20.2. The van der Waals surface area contributed by atoms with E-state index in [1.807, 2.05) is 24.3 Å². The normalized spacial score (nSPS) is 11.9. The Morgan fingerprint density at radius 2 is 0.828 bits per heavy atom. The maximum Gasteiger partial charge on any atom is 2.00 e.